The van der Waals surface area contributed by atoms with Gasteiger partial charge >= 0.3 is 0 Å². The van der Waals surface area contributed by atoms with E-state index in [2.05, 4.69) is 36.3 Å². The number of para-hydroxylation sites is 1. The highest BCUT2D eigenvalue weighted by atomic mass is 32.2. The Kier molecular flexibility index (Phi) is 6.88. The first-order chi connectivity index (χ1) is 15.1. The van der Waals surface area contributed by atoms with Crippen LogP contribution in [0.3, 0.4) is 0 Å². The monoisotopic (exact) mass is 438 g/mol. The fraction of sp³-hybridized carbons (Fsp3) is 0.400. The van der Waals surface area contributed by atoms with Gasteiger partial charge in [-0.3, -0.25) is 4.90 Å². The van der Waals surface area contributed by atoms with Crippen LogP contribution in [0.2, 0.25) is 0 Å². The summed E-state index contributed by atoms with van der Waals surface area (Å²) in [5, 5.41) is 1.10. The topological polar surface area (TPSA) is 43.8 Å². The van der Waals surface area contributed by atoms with Crippen LogP contribution in [0, 0.1) is 6.92 Å². The van der Waals surface area contributed by atoms with Gasteiger partial charge in [-0.15, -0.1) is 0 Å². The van der Waals surface area contributed by atoms with E-state index in [9.17, 15) is 0 Å². The maximum atomic E-state index is 6.12. The molecule has 0 amide bonds. The van der Waals surface area contributed by atoms with Gasteiger partial charge in [0.2, 0.25) is 0 Å². The Labute approximate surface area is 188 Å². The largest absolute Gasteiger partial charge is 0.494 e. The molecular weight excluding hydrogens is 408 g/mol. The Bertz CT molecular complexity index is 1070. The fourth-order valence-corrected chi connectivity index (χ4v) is 4.58. The van der Waals surface area contributed by atoms with E-state index in [1.807, 2.05) is 30.0 Å². The third kappa shape index (κ3) is 4.60. The zero-order chi connectivity index (χ0) is 21.8. The molecule has 0 unspecified atom stereocenters. The standard InChI is InChI=1S/C25H30N2O3S/c1-17-13-21(26-24-20(17)7-5-8-22(24)28-2)18-14-19-16-27(9-6-12-31-4)10-11-30-25(19)23(15-18)29-3/h5,7-8,13-15H,6,9-12,16H2,1-4H3. The molecule has 0 radical (unpaired) electrons. The highest BCUT2D eigenvalue weighted by molar-refractivity contribution is 7.98. The average molecular weight is 439 g/mol. The smallest absolute Gasteiger partial charge is 0.165 e. The van der Waals surface area contributed by atoms with Crippen LogP contribution in [0.4, 0.5) is 0 Å². The average Bonchev–Trinajstić information content (AvgIpc) is 3.00. The molecule has 1 aliphatic heterocycles. The van der Waals surface area contributed by atoms with Gasteiger partial charge in [0.15, 0.2) is 11.5 Å². The first kappa shape index (κ1) is 21.8. The zero-order valence-electron chi connectivity index (χ0n) is 18.7. The molecule has 1 aromatic heterocycles. The first-order valence-electron chi connectivity index (χ1n) is 10.6. The van der Waals surface area contributed by atoms with Crippen molar-refractivity contribution in [3.8, 4) is 28.5 Å². The van der Waals surface area contributed by atoms with E-state index in [1.165, 1.54) is 17.7 Å². The minimum absolute atomic E-state index is 0.673. The van der Waals surface area contributed by atoms with E-state index in [1.54, 1.807) is 14.2 Å². The van der Waals surface area contributed by atoms with E-state index in [0.717, 1.165) is 64.6 Å². The molecule has 0 N–H and O–H groups in total. The fourth-order valence-electron chi connectivity index (χ4n) is 4.16. The van der Waals surface area contributed by atoms with Crippen molar-refractivity contribution in [1.82, 2.24) is 9.88 Å². The summed E-state index contributed by atoms with van der Waals surface area (Å²) < 4.78 is 17.4. The van der Waals surface area contributed by atoms with Crippen molar-refractivity contribution in [2.75, 3.05) is 45.9 Å². The number of thioether (sulfide) groups is 1. The van der Waals surface area contributed by atoms with Crippen LogP contribution in [0.15, 0.2) is 36.4 Å². The van der Waals surface area contributed by atoms with Crippen molar-refractivity contribution < 1.29 is 14.2 Å². The predicted octanol–water partition coefficient (Wildman–Crippen LogP) is 5.17. The lowest BCUT2D eigenvalue weighted by Crippen LogP contribution is -2.27. The summed E-state index contributed by atoms with van der Waals surface area (Å²) in [6.45, 7) is 5.63. The van der Waals surface area contributed by atoms with Crippen LogP contribution >= 0.6 is 11.8 Å². The predicted molar refractivity (Wildman–Crippen MR) is 129 cm³/mol. The molecule has 0 saturated heterocycles. The van der Waals surface area contributed by atoms with Gasteiger partial charge in [-0.05, 0) is 61.7 Å². The number of benzene rings is 2. The number of nitrogens with zero attached hydrogens (tertiary/aromatic N) is 2. The van der Waals surface area contributed by atoms with Crippen LogP contribution in [-0.2, 0) is 6.54 Å². The van der Waals surface area contributed by atoms with Crippen molar-refractivity contribution in [2.24, 2.45) is 0 Å². The third-order valence-corrected chi connectivity index (χ3v) is 6.44. The van der Waals surface area contributed by atoms with Gasteiger partial charge in [0.05, 0.1) is 19.9 Å². The van der Waals surface area contributed by atoms with E-state index < -0.39 is 0 Å². The van der Waals surface area contributed by atoms with Crippen molar-refractivity contribution in [3.05, 3.63) is 47.5 Å². The van der Waals surface area contributed by atoms with E-state index >= 15 is 0 Å². The summed E-state index contributed by atoms with van der Waals surface area (Å²) in [6.07, 6.45) is 3.34. The molecule has 0 spiro atoms. The lowest BCUT2D eigenvalue weighted by molar-refractivity contribution is 0.223. The Morgan fingerprint density at radius 1 is 1.13 bits per heavy atom. The Hall–Kier alpha value is -2.44. The second kappa shape index (κ2) is 9.79. The van der Waals surface area contributed by atoms with Gasteiger partial charge in [0.1, 0.15) is 17.9 Å². The molecule has 1 aliphatic rings. The third-order valence-electron chi connectivity index (χ3n) is 5.75. The number of methoxy groups -OCH3 is 2. The molecule has 0 aliphatic carbocycles. The highest BCUT2D eigenvalue weighted by Gasteiger charge is 2.21. The molecule has 0 bridgehead atoms. The quantitative estimate of drug-likeness (QED) is 0.474. The first-order valence-corrected chi connectivity index (χ1v) is 12.0. The van der Waals surface area contributed by atoms with Crippen molar-refractivity contribution in [2.45, 2.75) is 19.9 Å². The number of pyridine rings is 1. The van der Waals surface area contributed by atoms with Crippen LogP contribution < -0.4 is 14.2 Å². The summed E-state index contributed by atoms with van der Waals surface area (Å²) in [6, 6.07) is 12.4. The number of aryl methyl sites for hydroxylation is 1. The SMILES string of the molecule is COc1cc(-c2cc(C)c3cccc(OC)c3n2)cc2c1OCCN(CCCSC)C2. The molecule has 0 atom stereocenters. The van der Waals surface area contributed by atoms with Gasteiger partial charge in [-0.1, -0.05) is 12.1 Å². The second-order valence-electron chi connectivity index (χ2n) is 7.82. The Morgan fingerprint density at radius 3 is 2.74 bits per heavy atom. The molecular formula is C25H30N2O3S. The van der Waals surface area contributed by atoms with Crippen molar-refractivity contribution in [3.63, 3.8) is 0 Å². The Balaban J connectivity index is 1.76. The molecule has 5 nitrogen and oxygen atoms in total. The lowest BCUT2D eigenvalue weighted by atomic mass is 10.0. The summed E-state index contributed by atoms with van der Waals surface area (Å²) in [5.41, 5.74) is 5.14. The van der Waals surface area contributed by atoms with Crippen LogP contribution in [-0.4, -0.2) is 55.8 Å². The number of fused-ring (bicyclic) bond motifs is 2. The number of hydrogen-bond acceptors (Lipinski definition) is 6. The van der Waals surface area contributed by atoms with E-state index in [-0.39, 0.29) is 0 Å². The number of hydrogen-bond donors (Lipinski definition) is 0. The molecule has 31 heavy (non-hydrogen) atoms. The van der Waals surface area contributed by atoms with Gasteiger partial charge in [0.25, 0.3) is 0 Å². The minimum Gasteiger partial charge on any atom is -0.494 e. The normalized spacial score (nSPS) is 14.1. The number of ether oxygens (including phenoxy) is 3. The zero-order valence-corrected chi connectivity index (χ0v) is 19.6. The molecule has 6 heteroatoms. The molecule has 0 fully saturated rings. The number of aromatic nitrogens is 1. The molecule has 2 heterocycles. The lowest BCUT2D eigenvalue weighted by Gasteiger charge is -2.19. The van der Waals surface area contributed by atoms with Gasteiger partial charge in [-0.25, -0.2) is 4.98 Å². The minimum atomic E-state index is 0.673. The van der Waals surface area contributed by atoms with Gasteiger partial charge < -0.3 is 14.2 Å². The maximum absolute atomic E-state index is 6.12. The van der Waals surface area contributed by atoms with Gasteiger partial charge in [0, 0.05) is 29.6 Å². The molecule has 164 valence electrons. The summed E-state index contributed by atoms with van der Waals surface area (Å²) in [4.78, 5) is 7.43. The van der Waals surface area contributed by atoms with Crippen LogP contribution in [0.5, 0.6) is 17.2 Å². The highest BCUT2D eigenvalue weighted by Crippen LogP contribution is 2.39. The van der Waals surface area contributed by atoms with E-state index in [4.69, 9.17) is 19.2 Å². The van der Waals surface area contributed by atoms with Crippen LogP contribution in [0.25, 0.3) is 22.2 Å². The molecule has 3 aromatic rings. The summed E-state index contributed by atoms with van der Waals surface area (Å²) in [5.74, 6) is 3.58. The second-order valence-corrected chi connectivity index (χ2v) is 8.80. The maximum Gasteiger partial charge on any atom is 0.165 e. The number of rotatable bonds is 7. The molecule has 4 rings (SSSR count). The molecule has 0 saturated carbocycles. The van der Waals surface area contributed by atoms with Crippen molar-refractivity contribution in [1.29, 1.82) is 0 Å². The van der Waals surface area contributed by atoms with Crippen LogP contribution in [0.1, 0.15) is 17.5 Å². The summed E-state index contributed by atoms with van der Waals surface area (Å²) in [7, 11) is 3.39. The van der Waals surface area contributed by atoms with Gasteiger partial charge in [-0.2, -0.15) is 11.8 Å². The van der Waals surface area contributed by atoms with E-state index in [0.29, 0.717) is 6.61 Å². The summed E-state index contributed by atoms with van der Waals surface area (Å²) >= 11 is 1.90. The van der Waals surface area contributed by atoms with Crippen molar-refractivity contribution >= 4 is 22.7 Å². The Morgan fingerprint density at radius 2 is 1.97 bits per heavy atom. The molecule has 2 aromatic carbocycles.